The molecule has 1 aliphatic rings. The molecule has 0 radical (unpaired) electrons. The Morgan fingerprint density at radius 2 is 2.09 bits per heavy atom. The van der Waals surface area contributed by atoms with E-state index in [9.17, 15) is 4.79 Å². The third-order valence-corrected chi connectivity index (χ3v) is 4.27. The highest BCUT2D eigenvalue weighted by Crippen LogP contribution is 2.24. The van der Waals surface area contributed by atoms with Crippen LogP contribution in [0.4, 0.5) is 0 Å². The number of hydrogen-bond acceptors (Lipinski definition) is 3. The number of carbonyl (C=O) groups is 1. The molecule has 1 fully saturated rings. The van der Waals surface area contributed by atoms with Gasteiger partial charge in [-0.15, -0.1) is 0 Å². The third kappa shape index (κ3) is 4.15. The van der Waals surface area contributed by atoms with Gasteiger partial charge in [0.05, 0.1) is 12.4 Å². The number of nitrogens with one attached hydrogen (secondary N) is 1. The van der Waals surface area contributed by atoms with E-state index in [1.165, 1.54) is 25.5 Å². The smallest absolute Gasteiger partial charge is 0.287 e. The van der Waals surface area contributed by atoms with Gasteiger partial charge in [0.25, 0.3) is 5.91 Å². The number of carbonyl (C=O) groups excluding carboxylic acids is 1. The first-order valence-electron chi connectivity index (χ1n) is 8.30. The quantitative estimate of drug-likeness (QED) is 0.898. The molecule has 1 aromatic carbocycles. The molecule has 0 spiro atoms. The van der Waals surface area contributed by atoms with Gasteiger partial charge >= 0.3 is 0 Å². The van der Waals surface area contributed by atoms with Crippen molar-refractivity contribution in [1.82, 2.24) is 5.32 Å². The van der Waals surface area contributed by atoms with Crippen molar-refractivity contribution < 1.29 is 13.9 Å². The minimum atomic E-state index is -0.189. The summed E-state index contributed by atoms with van der Waals surface area (Å²) in [4.78, 5) is 12.1. The highest BCUT2D eigenvalue weighted by molar-refractivity contribution is 5.92. The average molecular weight is 313 g/mol. The second kappa shape index (κ2) is 7.36. The molecule has 1 aromatic heterocycles. The Morgan fingerprint density at radius 3 is 2.83 bits per heavy atom. The Morgan fingerprint density at radius 1 is 1.26 bits per heavy atom. The molecule has 1 amide bonds. The van der Waals surface area contributed by atoms with E-state index < -0.39 is 0 Å². The molecule has 0 atom stereocenters. The van der Waals surface area contributed by atoms with Crippen molar-refractivity contribution in [2.75, 3.05) is 0 Å². The summed E-state index contributed by atoms with van der Waals surface area (Å²) in [6, 6.07) is 9.73. The van der Waals surface area contributed by atoms with Crippen LogP contribution in [-0.2, 0) is 6.54 Å². The van der Waals surface area contributed by atoms with E-state index in [4.69, 9.17) is 9.15 Å². The monoisotopic (exact) mass is 313 g/mol. The first-order chi connectivity index (χ1) is 11.2. The number of aryl methyl sites for hydroxylation is 1. The highest BCUT2D eigenvalue weighted by Gasteiger charge is 2.15. The van der Waals surface area contributed by atoms with Crippen molar-refractivity contribution in [2.45, 2.75) is 51.7 Å². The van der Waals surface area contributed by atoms with Crippen molar-refractivity contribution in [1.29, 1.82) is 0 Å². The van der Waals surface area contributed by atoms with E-state index in [2.05, 4.69) is 5.32 Å². The summed E-state index contributed by atoms with van der Waals surface area (Å²) >= 11 is 0. The van der Waals surface area contributed by atoms with Crippen molar-refractivity contribution in [3.63, 3.8) is 0 Å². The fourth-order valence-electron chi connectivity index (χ4n) is 2.97. The van der Waals surface area contributed by atoms with Gasteiger partial charge in [-0.2, -0.15) is 0 Å². The zero-order valence-electron chi connectivity index (χ0n) is 13.5. The van der Waals surface area contributed by atoms with Crippen LogP contribution in [0.25, 0.3) is 0 Å². The van der Waals surface area contributed by atoms with Crippen LogP contribution in [0.1, 0.15) is 53.8 Å². The van der Waals surface area contributed by atoms with Crippen LogP contribution in [0.5, 0.6) is 5.75 Å². The maximum atomic E-state index is 12.1. The van der Waals surface area contributed by atoms with Gasteiger partial charge < -0.3 is 14.5 Å². The molecule has 4 nitrogen and oxygen atoms in total. The molecule has 1 heterocycles. The zero-order valence-corrected chi connectivity index (χ0v) is 13.5. The molecule has 0 unspecified atom stereocenters. The maximum absolute atomic E-state index is 12.1. The van der Waals surface area contributed by atoms with Gasteiger partial charge in [-0.3, -0.25) is 4.79 Å². The molecule has 23 heavy (non-hydrogen) atoms. The van der Waals surface area contributed by atoms with Gasteiger partial charge in [0.15, 0.2) is 5.76 Å². The largest absolute Gasteiger partial charge is 0.490 e. The van der Waals surface area contributed by atoms with Gasteiger partial charge in [-0.25, -0.2) is 0 Å². The second-order valence-electron chi connectivity index (χ2n) is 6.14. The van der Waals surface area contributed by atoms with Gasteiger partial charge in [0.1, 0.15) is 5.75 Å². The average Bonchev–Trinajstić information content (AvgIpc) is 3.00. The van der Waals surface area contributed by atoms with Gasteiger partial charge in [0, 0.05) is 12.1 Å². The van der Waals surface area contributed by atoms with Crippen LogP contribution in [-0.4, -0.2) is 12.0 Å². The molecule has 0 saturated heterocycles. The summed E-state index contributed by atoms with van der Waals surface area (Å²) in [5.74, 6) is 1.07. The third-order valence-electron chi connectivity index (χ3n) is 4.27. The summed E-state index contributed by atoms with van der Waals surface area (Å²) in [7, 11) is 0. The summed E-state index contributed by atoms with van der Waals surface area (Å²) in [5.41, 5.74) is 1.87. The number of furan rings is 1. The van der Waals surface area contributed by atoms with Gasteiger partial charge in [0.2, 0.25) is 0 Å². The topological polar surface area (TPSA) is 51.5 Å². The van der Waals surface area contributed by atoms with E-state index in [0.29, 0.717) is 18.4 Å². The van der Waals surface area contributed by atoms with Crippen molar-refractivity contribution >= 4 is 5.91 Å². The van der Waals surface area contributed by atoms with Crippen LogP contribution in [0.2, 0.25) is 0 Å². The lowest BCUT2D eigenvalue weighted by Crippen LogP contribution is -2.23. The highest BCUT2D eigenvalue weighted by atomic mass is 16.5. The standard InChI is InChI=1S/C19H23NO3/c1-14-10-11-22-18(14)19(21)20-13-15-6-5-9-17(12-15)23-16-7-3-2-4-8-16/h5-6,9-12,16H,2-4,7-8,13H2,1H3,(H,20,21). The molecule has 3 rings (SSSR count). The minimum Gasteiger partial charge on any atom is -0.490 e. The Hall–Kier alpha value is -2.23. The molecule has 0 aliphatic heterocycles. The summed E-state index contributed by atoms with van der Waals surface area (Å²) < 4.78 is 11.3. The fourth-order valence-corrected chi connectivity index (χ4v) is 2.97. The molecular formula is C19H23NO3. The normalized spacial score (nSPS) is 15.3. The lowest BCUT2D eigenvalue weighted by atomic mass is 9.98. The van der Waals surface area contributed by atoms with Crippen LogP contribution >= 0.6 is 0 Å². The predicted molar refractivity (Wildman–Crippen MR) is 88.6 cm³/mol. The lowest BCUT2D eigenvalue weighted by Gasteiger charge is -2.23. The molecule has 0 bridgehead atoms. The van der Waals surface area contributed by atoms with E-state index >= 15 is 0 Å². The van der Waals surface area contributed by atoms with E-state index in [0.717, 1.165) is 29.7 Å². The van der Waals surface area contributed by atoms with E-state index in [1.807, 2.05) is 31.2 Å². The molecule has 122 valence electrons. The summed E-state index contributed by atoms with van der Waals surface area (Å²) in [6.45, 7) is 2.32. The van der Waals surface area contributed by atoms with Crippen LogP contribution in [0, 0.1) is 6.92 Å². The SMILES string of the molecule is Cc1ccoc1C(=O)NCc1cccc(OC2CCCCC2)c1. The lowest BCUT2D eigenvalue weighted by molar-refractivity contribution is 0.0922. The summed E-state index contributed by atoms with van der Waals surface area (Å²) in [5, 5.41) is 2.88. The predicted octanol–water partition coefficient (Wildman–Crippen LogP) is 4.23. The van der Waals surface area contributed by atoms with E-state index in [-0.39, 0.29) is 5.91 Å². The van der Waals surface area contributed by atoms with Crippen molar-refractivity contribution in [3.05, 3.63) is 53.5 Å². The van der Waals surface area contributed by atoms with Gasteiger partial charge in [-0.05, 0) is 56.4 Å². The van der Waals surface area contributed by atoms with E-state index in [1.54, 1.807) is 6.07 Å². The number of benzene rings is 1. The first kappa shape index (κ1) is 15.7. The molecule has 1 saturated carbocycles. The molecule has 2 aromatic rings. The van der Waals surface area contributed by atoms with Crippen LogP contribution in [0.3, 0.4) is 0 Å². The van der Waals surface area contributed by atoms with Crippen LogP contribution in [0.15, 0.2) is 41.0 Å². The van der Waals surface area contributed by atoms with Crippen molar-refractivity contribution in [3.8, 4) is 5.75 Å². The zero-order chi connectivity index (χ0) is 16.1. The fraction of sp³-hybridized carbons (Fsp3) is 0.421. The van der Waals surface area contributed by atoms with Crippen molar-refractivity contribution in [2.24, 2.45) is 0 Å². The molecular weight excluding hydrogens is 290 g/mol. The Balaban J connectivity index is 1.57. The Labute approximate surface area is 136 Å². The molecule has 4 heteroatoms. The van der Waals surface area contributed by atoms with Gasteiger partial charge in [-0.1, -0.05) is 18.6 Å². The number of rotatable bonds is 5. The number of hydrogen-bond donors (Lipinski definition) is 1. The molecule has 1 aliphatic carbocycles. The maximum Gasteiger partial charge on any atom is 0.287 e. The summed E-state index contributed by atoms with van der Waals surface area (Å²) in [6.07, 6.45) is 7.96. The Bertz CT molecular complexity index is 656. The number of ether oxygens (including phenoxy) is 1. The number of amides is 1. The first-order valence-corrected chi connectivity index (χ1v) is 8.30. The second-order valence-corrected chi connectivity index (χ2v) is 6.14. The Kier molecular flexibility index (Phi) is 5.01. The van der Waals surface area contributed by atoms with Crippen LogP contribution < -0.4 is 10.1 Å². The minimum absolute atomic E-state index is 0.189. The molecule has 1 N–H and O–H groups in total.